The van der Waals surface area contributed by atoms with Crippen molar-refractivity contribution in [3.8, 4) is 22.1 Å². The zero-order chi connectivity index (χ0) is 18.2. The molecule has 0 N–H and O–H groups in total. The molecule has 3 aromatic rings. The number of aryl methyl sites for hydroxylation is 3. The molecule has 0 radical (unpaired) electrons. The van der Waals surface area contributed by atoms with E-state index in [0.29, 0.717) is 22.1 Å². The van der Waals surface area contributed by atoms with E-state index in [9.17, 15) is 13.2 Å². The molecular formula is C19H16F3NOS. The molecule has 0 spiro atoms. The summed E-state index contributed by atoms with van der Waals surface area (Å²) in [7, 11) is 0. The summed E-state index contributed by atoms with van der Waals surface area (Å²) in [4.78, 5) is 5.38. The van der Waals surface area contributed by atoms with Crippen molar-refractivity contribution in [3.05, 3.63) is 64.2 Å². The lowest BCUT2D eigenvalue weighted by Crippen LogP contribution is -2.04. The Morgan fingerprint density at radius 2 is 1.76 bits per heavy atom. The molecule has 0 aliphatic carbocycles. The topological polar surface area (TPSA) is 22.1 Å². The lowest BCUT2D eigenvalue weighted by atomic mass is 10.00. The molecule has 0 saturated carbocycles. The molecule has 1 aromatic heterocycles. The van der Waals surface area contributed by atoms with Gasteiger partial charge in [0.2, 0.25) is 0 Å². The van der Waals surface area contributed by atoms with Crippen LogP contribution in [0.2, 0.25) is 0 Å². The Morgan fingerprint density at radius 3 is 2.40 bits per heavy atom. The first-order valence-corrected chi connectivity index (χ1v) is 8.46. The molecule has 130 valence electrons. The van der Waals surface area contributed by atoms with E-state index in [4.69, 9.17) is 4.74 Å². The highest BCUT2D eigenvalue weighted by atomic mass is 32.1. The van der Waals surface area contributed by atoms with Crippen molar-refractivity contribution >= 4 is 11.3 Å². The second-order valence-electron chi connectivity index (χ2n) is 5.80. The molecule has 0 atom stereocenters. The van der Waals surface area contributed by atoms with Crippen molar-refractivity contribution < 1.29 is 17.9 Å². The third kappa shape index (κ3) is 3.85. The first-order chi connectivity index (χ1) is 11.7. The molecule has 0 aliphatic heterocycles. The zero-order valence-electron chi connectivity index (χ0n) is 13.9. The first kappa shape index (κ1) is 17.5. The van der Waals surface area contributed by atoms with E-state index in [2.05, 4.69) is 4.98 Å². The fourth-order valence-electron chi connectivity index (χ4n) is 2.40. The number of hydrogen-bond acceptors (Lipinski definition) is 3. The number of benzene rings is 2. The molecule has 0 unspecified atom stereocenters. The second-order valence-corrected chi connectivity index (χ2v) is 6.97. The number of halogens is 3. The predicted molar refractivity (Wildman–Crippen MR) is 93.3 cm³/mol. The maximum absolute atomic E-state index is 13.0. The number of aromatic nitrogens is 1. The molecule has 25 heavy (non-hydrogen) atoms. The van der Waals surface area contributed by atoms with Crippen LogP contribution in [0, 0.1) is 20.8 Å². The van der Waals surface area contributed by atoms with Gasteiger partial charge in [0.1, 0.15) is 5.75 Å². The van der Waals surface area contributed by atoms with Gasteiger partial charge in [-0.25, -0.2) is 4.98 Å². The average Bonchev–Trinajstić information content (AvgIpc) is 2.86. The summed E-state index contributed by atoms with van der Waals surface area (Å²) < 4.78 is 44.9. The Morgan fingerprint density at radius 1 is 1.00 bits per heavy atom. The lowest BCUT2D eigenvalue weighted by molar-refractivity contribution is -0.137. The highest BCUT2D eigenvalue weighted by Gasteiger charge is 2.30. The molecule has 0 saturated heterocycles. The van der Waals surface area contributed by atoms with Crippen molar-refractivity contribution in [1.29, 1.82) is 0 Å². The molecule has 3 rings (SSSR count). The Labute approximate surface area is 147 Å². The van der Waals surface area contributed by atoms with Gasteiger partial charge >= 0.3 is 6.18 Å². The summed E-state index contributed by atoms with van der Waals surface area (Å²) in [5.74, 6) is 0.485. The van der Waals surface area contributed by atoms with E-state index in [1.165, 1.54) is 17.4 Å². The van der Waals surface area contributed by atoms with Gasteiger partial charge < -0.3 is 4.74 Å². The maximum Gasteiger partial charge on any atom is 0.416 e. The average molecular weight is 363 g/mol. The van der Waals surface area contributed by atoms with Crippen LogP contribution in [-0.4, -0.2) is 4.98 Å². The van der Waals surface area contributed by atoms with Crippen LogP contribution < -0.4 is 4.74 Å². The Bertz CT molecular complexity index is 896. The van der Waals surface area contributed by atoms with Crippen molar-refractivity contribution in [2.24, 2.45) is 0 Å². The maximum atomic E-state index is 13.0. The highest BCUT2D eigenvalue weighted by Crippen LogP contribution is 2.38. The Kier molecular flexibility index (Phi) is 4.56. The largest absolute Gasteiger partial charge is 0.430 e. The Balaban J connectivity index is 2.05. The monoisotopic (exact) mass is 363 g/mol. The summed E-state index contributed by atoms with van der Waals surface area (Å²) in [6.45, 7) is 5.73. The summed E-state index contributed by atoms with van der Waals surface area (Å²) in [6, 6.07) is 10.7. The lowest BCUT2D eigenvalue weighted by Gasteiger charge is -2.13. The van der Waals surface area contributed by atoms with Crippen LogP contribution in [0.4, 0.5) is 13.2 Å². The van der Waals surface area contributed by atoms with Crippen LogP contribution in [0.5, 0.6) is 10.9 Å². The number of rotatable bonds is 3. The summed E-state index contributed by atoms with van der Waals surface area (Å²) in [5.41, 5.74) is 2.20. The van der Waals surface area contributed by atoms with Gasteiger partial charge in [-0.2, -0.15) is 13.2 Å². The second kappa shape index (κ2) is 6.52. The molecule has 2 nitrogen and oxygen atoms in total. The van der Waals surface area contributed by atoms with E-state index < -0.39 is 11.7 Å². The van der Waals surface area contributed by atoms with Crippen LogP contribution in [0.15, 0.2) is 42.5 Å². The normalized spacial score (nSPS) is 11.6. The number of ether oxygens (including phenoxy) is 1. The molecule has 0 fully saturated rings. The standard InChI is InChI=1S/C19H16F3NOS/c1-11-7-8-17(24-18-23-12(2)13(3)25-18)16(9-11)14-5-4-6-15(10-14)19(20,21)22/h4-10H,1-3H3. The molecule has 6 heteroatoms. The summed E-state index contributed by atoms with van der Waals surface area (Å²) in [6.07, 6.45) is -4.38. The quantitative estimate of drug-likeness (QED) is 0.527. The van der Waals surface area contributed by atoms with Crippen LogP contribution in [0.1, 0.15) is 21.7 Å². The van der Waals surface area contributed by atoms with Gasteiger partial charge in [0.25, 0.3) is 5.19 Å². The van der Waals surface area contributed by atoms with Gasteiger partial charge in [-0.1, -0.05) is 35.1 Å². The van der Waals surface area contributed by atoms with Crippen molar-refractivity contribution in [2.45, 2.75) is 26.9 Å². The van der Waals surface area contributed by atoms with Gasteiger partial charge in [-0.05, 0) is 50.6 Å². The van der Waals surface area contributed by atoms with Crippen LogP contribution >= 0.6 is 11.3 Å². The van der Waals surface area contributed by atoms with Crippen LogP contribution in [0.25, 0.3) is 11.1 Å². The molecule has 0 bridgehead atoms. The van der Waals surface area contributed by atoms with E-state index in [1.807, 2.05) is 32.9 Å². The third-order valence-corrected chi connectivity index (χ3v) is 4.79. The molecular weight excluding hydrogens is 347 g/mol. The SMILES string of the molecule is Cc1ccc(Oc2nc(C)c(C)s2)c(-c2cccc(C(F)(F)F)c2)c1. The number of thiazole rings is 1. The summed E-state index contributed by atoms with van der Waals surface area (Å²) in [5, 5.41) is 0.479. The van der Waals surface area contributed by atoms with Crippen molar-refractivity contribution in [2.75, 3.05) is 0 Å². The van der Waals surface area contributed by atoms with E-state index in [-0.39, 0.29) is 0 Å². The number of alkyl halides is 3. The van der Waals surface area contributed by atoms with Crippen molar-refractivity contribution in [1.82, 2.24) is 4.98 Å². The predicted octanol–water partition coefficient (Wildman–Crippen LogP) is 6.55. The fraction of sp³-hybridized carbons (Fsp3) is 0.211. The molecule has 0 aliphatic rings. The van der Waals surface area contributed by atoms with Crippen molar-refractivity contribution in [3.63, 3.8) is 0 Å². The molecule has 1 heterocycles. The minimum atomic E-state index is -4.38. The van der Waals surface area contributed by atoms with E-state index >= 15 is 0 Å². The first-order valence-electron chi connectivity index (χ1n) is 7.64. The smallest absolute Gasteiger partial charge is 0.416 e. The molecule has 2 aromatic carbocycles. The van der Waals surface area contributed by atoms with Gasteiger partial charge in [0, 0.05) is 10.4 Å². The molecule has 0 amide bonds. The fourth-order valence-corrected chi connectivity index (χ4v) is 3.17. The summed E-state index contributed by atoms with van der Waals surface area (Å²) >= 11 is 1.41. The van der Waals surface area contributed by atoms with Gasteiger partial charge in [-0.3, -0.25) is 0 Å². The number of nitrogens with zero attached hydrogens (tertiary/aromatic N) is 1. The van der Waals surface area contributed by atoms with Gasteiger partial charge in [-0.15, -0.1) is 0 Å². The van der Waals surface area contributed by atoms with Gasteiger partial charge in [0.05, 0.1) is 11.3 Å². The van der Waals surface area contributed by atoms with E-state index in [0.717, 1.165) is 28.3 Å². The highest BCUT2D eigenvalue weighted by molar-refractivity contribution is 7.13. The minimum Gasteiger partial charge on any atom is -0.430 e. The van der Waals surface area contributed by atoms with Crippen LogP contribution in [-0.2, 0) is 6.18 Å². The minimum absolute atomic E-state index is 0.457. The third-order valence-electron chi connectivity index (χ3n) is 3.84. The zero-order valence-corrected chi connectivity index (χ0v) is 14.8. The van der Waals surface area contributed by atoms with Crippen LogP contribution in [0.3, 0.4) is 0 Å². The Hall–Kier alpha value is -2.34. The van der Waals surface area contributed by atoms with E-state index in [1.54, 1.807) is 12.1 Å². The number of hydrogen-bond donors (Lipinski definition) is 0. The van der Waals surface area contributed by atoms with Gasteiger partial charge in [0.15, 0.2) is 0 Å².